The fraction of sp³-hybridized carbons (Fsp3) is 0.303. The van der Waals surface area contributed by atoms with Crippen molar-refractivity contribution in [2.24, 2.45) is 5.41 Å². The molecule has 0 unspecified atom stereocenters. The highest BCUT2D eigenvalue weighted by molar-refractivity contribution is 9.10. The molecule has 2 aliphatic rings. The van der Waals surface area contributed by atoms with Gasteiger partial charge in [-0.2, -0.15) is 0 Å². The van der Waals surface area contributed by atoms with E-state index in [9.17, 15) is 18.8 Å². The maximum Gasteiger partial charge on any atom is 0.260 e. The minimum atomic E-state index is -1.07. The number of ketones is 2. The fourth-order valence-corrected chi connectivity index (χ4v) is 5.80. The van der Waals surface area contributed by atoms with Crippen molar-refractivity contribution in [3.63, 3.8) is 0 Å². The molecule has 1 saturated heterocycles. The van der Waals surface area contributed by atoms with Crippen molar-refractivity contribution < 1.29 is 37.4 Å². The lowest BCUT2D eigenvalue weighted by atomic mass is 9.88. The van der Waals surface area contributed by atoms with Crippen molar-refractivity contribution in [1.29, 1.82) is 0 Å². The highest BCUT2D eigenvalue weighted by atomic mass is 79.9. The third-order valence-electron chi connectivity index (χ3n) is 8.03. The molecule has 1 aliphatic carbocycles. The molecule has 0 N–H and O–H groups in total. The van der Waals surface area contributed by atoms with Gasteiger partial charge in [-0.15, -0.1) is 0 Å². The molecule has 1 saturated carbocycles. The monoisotopic (exact) mass is 679 g/mol. The molecule has 0 spiro atoms. The number of hydrogen-bond acceptors (Lipinski definition) is 8. The second kappa shape index (κ2) is 13.0. The lowest BCUT2D eigenvalue weighted by molar-refractivity contribution is -0.137. The number of carbonyl (C=O) groups is 3. The summed E-state index contributed by atoms with van der Waals surface area (Å²) in [6.07, 6.45) is 3.81. The van der Waals surface area contributed by atoms with E-state index in [0.717, 1.165) is 0 Å². The molecule has 4 aromatic rings. The van der Waals surface area contributed by atoms with E-state index >= 15 is 4.39 Å². The molecular weight excluding hydrogens is 652 g/mol. The lowest BCUT2D eigenvalue weighted by Gasteiger charge is -2.26. The first kappa shape index (κ1) is 30.7. The zero-order valence-corrected chi connectivity index (χ0v) is 25.6. The van der Waals surface area contributed by atoms with Crippen molar-refractivity contribution in [1.82, 2.24) is 14.9 Å². The van der Waals surface area contributed by atoms with Crippen LogP contribution < -0.4 is 9.47 Å². The van der Waals surface area contributed by atoms with Crippen LogP contribution in [0.5, 0.6) is 17.4 Å². The number of Topliss-reactive ketones (excluding diaryl/α,β-unsaturated/α-hetero) is 2. The largest absolute Gasteiger partial charge is 0.467 e. The molecule has 1 aliphatic heterocycles. The number of hydrogen-bond donors (Lipinski definition) is 0. The van der Waals surface area contributed by atoms with Crippen LogP contribution in [0.15, 0.2) is 65.4 Å². The molecule has 12 heteroatoms. The summed E-state index contributed by atoms with van der Waals surface area (Å²) in [5.74, 6) is -1.33. The smallest absolute Gasteiger partial charge is 0.260 e. The van der Waals surface area contributed by atoms with Crippen LogP contribution in [0.4, 0.5) is 8.78 Å². The van der Waals surface area contributed by atoms with Crippen LogP contribution >= 0.6 is 15.9 Å². The van der Waals surface area contributed by atoms with Gasteiger partial charge in [0, 0.05) is 38.3 Å². The maximum absolute atomic E-state index is 15.2. The Hall–Kier alpha value is -4.29. The van der Waals surface area contributed by atoms with Gasteiger partial charge >= 0.3 is 0 Å². The van der Waals surface area contributed by atoms with E-state index in [1.165, 1.54) is 48.8 Å². The van der Waals surface area contributed by atoms with Gasteiger partial charge in [-0.25, -0.2) is 13.8 Å². The summed E-state index contributed by atoms with van der Waals surface area (Å²) in [6, 6.07) is 11.4. The van der Waals surface area contributed by atoms with Crippen molar-refractivity contribution in [3.8, 4) is 17.4 Å². The average Bonchev–Trinajstić information content (AvgIpc) is 3.86. The second-order valence-corrected chi connectivity index (χ2v) is 11.8. The number of ether oxygens (including phenoxy) is 3. The Labute approximate surface area is 265 Å². The van der Waals surface area contributed by atoms with Crippen molar-refractivity contribution in [2.45, 2.75) is 25.7 Å². The molecule has 2 fully saturated rings. The average molecular weight is 681 g/mol. The summed E-state index contributed by atoms with van der Waals surface area (Å²) in [7, 11) is 0. The predicted molar refractivity (Wildman–Crippen MR) is 162 cm³/mol. The van der Waals surface area contributed by atoms with Gasteiger partial charge in [0.05, 0.1) is 29.5 Å². The molecule has 3 heterocycles. The number of fused-ring (bicyclic) bond motifs is 1. The molecule has 6 rings (SSSR count). The molecule has 9 nitrogen and oxygen atoms in total. The first-order valence-electron chi connectivity index (χ1n) is 14.4. The third kappa shape index (κ3) is 6.71. The maximum atomic E-state index is 15.2. The van der Waals surface area contributed by atoms with Gasteiger partial charge in [-0.1, -0.05) is 18.2 Å². The molecule has 2 aromatic heterocycles. The van der Waals surface area contributed by atoms with Gasteiger partial charge < -0.3 is 19.1 Å². The Bertz CT molecular complexity index is 1770. The van der Waals surface area contributed by atoms with Crippen molar-refractivity contribution >= 4 is 44.3 Å². The molecule has 2 aromatic carbocycles. The van der Waals surface area contributed by atoms with Crippen LogP contribution in [0.2, 0.25) is 0 Å². The van der Waals surface area contributed by atoms with Gasteiger partial charge in [-0.05, 0) is 70.2 Å². The second-order valence-electron chi connectivity index (χ2n) is 11.0. The van der Waals surface area contributed by atoms with Gasteiger partial charge in [0.25, 0.3) is 5.91 Å². The van der Waals surface area contributed by atoms with Crippen molar-refractivity contribution in [3.05, 3.63) is 88.2 Å². The Kier molecular flexibility index (Phi) is 8.86. The van der Waals surface area contributed by atoms with Crippen LogP contribution in [-0.4, -0.2) is 65.3 Å². The van der Waals surface area contributed by atoms with Crippen LogP contribution in [0.25, 0.3) is 10.9 Å². The number of nitrogens with zero attached hydrogens (tertiary/aromatic N) is 3. The topological polar surface area (TPSA) is 108 Å². The normalized spacial score (nSPS) is 15.5. The minimum Gasteiger partial charge on any atom is -0.467 e. The van der Waals surface area contributed by atoms with Gasteiger partial charge in [0.1, 0.15) is 16.0 Å². The summed E-state index contributed by atoms with van der Waals surface area (Å²) >= 11 is 3.45. The van der Waals surface area contributed by atoms with Crippen LogP contribution in [-0.2, 0) is 32.0 Å². The standard InChI is InChI=1S/C33H28BrF2N3O6/c34-30-31-23(18-38-32(30)44-19-29(42)39-11-13-43-14-12-39)25(7-10-37-31)45-26-6-3-21(15-24(26)36)17-28(41)33(8-9-33)27(40)16-20-1-4-22(35)5-2-20/h1-7,10,15,18H,8-9,11-14,16-17,19H2. The number of pyridine rings is 2. The Morgan fingerprint density at radius 2 is 1.60 bits per heavy atom. The van der Waals surface area contributed by atoms with Gasteiger partial charge in [-0.3, -0.25) is 19.4 Å². The summed E-state index contributed by atoms with van der Waals surface area (Å²) in [5.41, 5.74) is 0.429. The number of amides is 1. The van der Waals surface area contributed by atoms with Crippen LogP contribution in [0.1, 0.15) is 24.0 Å². The Morgan fingerprint density at radius 3 is 2.29 bits per heavy atom. The molecule has 1 amide bonds. The highest BCUT2D eigenvalue weighted by Gasteiger charge is 2.54. The van der Waals surface area contributed by atoms with E-state index < -0.39 is 17.0 Å². The Morgan fingerprint density at radius 1 is 0.911 bits per heavy atom. The van der Waals surface area contributed by atoms with Crippen molar-refractivity contribution in [2.75, 3.05) is 32.9 Å². The minimum absolute atomic E-state index is 0.0399. The number of morpholine rings is 1. The van der Waals surface area contributed by atoms with E-state index in [4.69, 9.17) is 14.2 Å². The van der Waals surface area contributed by atoms with E-state index in [-0.39, 0.29) is 54.3 Å². The van der Waals surface area contributed by atoms with E-state index in [0.29, 0.717) is 65.6 Å². The molecule has 0 radical (unpaired) electrons. The van der Waals surface area contributed by atoms with Gasteiger partial charge in [0.2, 0.25) is 5.88 Å². The molecule has 0 bridgehead atoms. The molecule has 0 atom stereocenters. The SMILES string of the molecule is O=C(COc1ncc2c(Oc3ccc(CC(=O)C4(C(=O)Cc5ccc(F)cc5)CC4)cc3F)ccnc2c1Br)N1CCOCC1. The summed E-state index contributed by atoms with van der Waals surface area (Å²) in [6.45, 7) is 1.78. The zero-order valence-electron chi connectivity index (χ0n) is 24.1. The third-order valence-corrected chi connectivity index (χ3v) is 8.74. The Balaban J connectivity index is 1.11. The highest BCUT2D eigenvalue weighted by Crippen LogP contribution is 2.49. The molecule has 45 heavy (non-hydrogen) atoms. The number of rotatable bonds is 11. The lowest BCUT2D eigenvalue weighted by Crippen LogP contribution is -2.43. The number of aromatic nitrogens is 2. The van der Waals surface area contributed by atoms with E-state index in [1.807, 2.05) is 0 Å². The van der Waals surface area contributed by atoms with E-state index in [2.05, 4.69) is 25.9 Å². The first-order chi connectivity index (χ1) is 21.7. The van der Waals surface area contributed by atoms with Crippen LogP contribution in [0, 0.1) is 17.0 Å². The number of carbonyl (C=O) groups excluding carboxylic acids is 3. The zero-order chi connectivity index (χ0) is 31.6. The van der Waals surface area contributed by atoms with Gasteiger partial charge in [0.15, 0.2) is 29.7 Å². The summed E-state index contributed by atoms with van der Waals surface area (Å²) < 4.78 is 45.7. The van der Waals surface area contributed by atoms with E-state index in [1.54, 1.807) is 17.0 Å². The summed E-state index contributed by atoms with van der Waals surface area (Å²) in [4.78, 5) is 48.9. The first-order valence-corrected chi connectivity index (χ1v) is 15.2. The number of benzene rings is 2. The molecular formula is C33H28BrF2N3O6. The fourth-order valence-electron chi connectivity index (χ4n) is 5.27. The van der Waals surface area contributed by atoms with Crippen LogP contribution in [0.3, 0.4) is 0 Å². The summed E-state index contributed by atoms with van der Waals surface area (Å²) in [5, 5.41) is 0.477. The predicted octanol–water partition coefficient (Wildman–Crippen LogP) is 5.40. The molecule has 232 valence electrons. The number of halogens is 3. The quantitative estimate of drug-likeness (QED) is 0.194.